The lowest BCUT2D eigenvalue weighted by atomic mass is 9.96. The number of nitrogens with two attached hydrogens (primary N) is 1. The second kappa shape index (κ2) is 31.1. The van der Waals surface area contributed by atoms with Gasteiger partial charge in [-0.2, -0.15) is 0 Å². The van der Waals surface area contributed by atoms with Crippen molar-refractivity contribution in [3.05, 3.63) is 0 Å². The summed E-state index contributed by atoms with van der Waals surface area (Å²) >= 11 is 0. The van der Waals surface area contributed by atoms with Gasteiger partial charge < -0.3 is 30.5 Å². The van der Waals surface area contributed by atoms with Crippen LogP contribution in [-0.2, 0) is 9.47 Å². The number of unbranched alkanes of at least 4 members (excludes halogenated alkanes) is 26. The average molecular weight is 671 g/mol. The maximum atomic E-state index is 13.2. The van der Waals surface area contributed by atoms with Crippen molar-refractivity contribution in [3.8, 4) is 0 Å². The third kappa shape index (κ3) is 21.7. The van der Waals surface area contributed by atoms with Crippen LogP contribution in [0.5, 0.6) is 0 Å². The number of nitrogens with zero attached hydrogens (tertiary/aromatic N) is 1. The largest absolute Gasteiger partial charge is 0.449 e. The molecule has 0 unspecified atom stereocenters. The molecule has 1 saturated heterocycles. The van der Waals surface area contributed by atoms with Crippen LogP contribution in [0, 0.1) is 0 Å². The molecular weight excluding hydrogens is 592 g/mol. The molecule has 5 N–H and O–H groups in total. The summed E-state index contributed by atoms with van der Waals surface area (Å²) in [6.07, 6.45) is 30.1. The number of hydrogen-bond donors (Lipinski definition) is 4. The van der Waals surface area contributed by atoms with Gasteiger partial charge in [-0.1, -0.05) is 181 Å². The summed E-state index contributed by atoms with van der Waals surface area (Å²) in [4.78, 5) is 14.7. The Morgan fingerprint density at radius 3 is 1.34 bits per heavy atom. The molecule has 1 fully saturated rings. The van der Waals surface area contributed by atoms with Crippen LogP contribution in [0.1, 0.15) is 194 Å². The highest BCUT2D eigenvalue weighted by molar-refractivity contribution is 5.68. The second-order valence-corrected chi connectivity index (χ2v) is 14.3. The van der Waals surface area contributed by atoms with Crippen LogP contribution < -0.4 is 5.73 Å². The van der Waals surface area contributed by atoms with Crippen molar-refractivity contribution in [3.63, 3.8) is 0 Å². The lowest BCUT2D eigenvalue weighted by Crippen LogP contribution is -2.67. The molecule has 1 amide bonds. The number of carbonyl (C=O) groups excluding carboxylic acids is 1. The molecular formula is C39H78N2O6. The van der Waals surface area contributed by atoms with Crippen LogP contribution in [0.25, 0.3) is 0 Å². The topological polar surface area (TPSA) is 125 Å². The van der Waals surface area contributed by atoms with E-state index in [4.69, 9.17) is 15.2 Å². The van der Waals surface area contributed by atoms with E-state index in [-0.39, 0.29) is 0 Å². The Kier molecular flexibility index (Phi) is 29.2. The van der Waals surface area contributed by atoms with E-state index in [1.54, 1.807) is 0 Å². The first-order valence-electron chi connectivity index (χ1n) is 20.3. The number of aliphatic hydroxyl groups excluding tert-OH is 3. The first-order chi connectivity index (χ1) is 23.0. The molecule has 0 aromatic rings. The molecule has 1 aliphatic rings. The summed E-state index contributed by atoms with van der Waals surface area (Å²) in [6.45, 7) is 4.79. The summed E-state index contributed by atoms with van der Waals surface area (Å²) in [5, 5.41) is 30.5. The van der Waals surface area contributed by atoms with Gasteiger partial charge in [-0.25, -0.2) is 4.79 Å². The molecule has 1 heterocycles. The van der Waals surface area contributed by atoms with Crippen LogP contribution >= 0.6 is 0 Å². The molecule has 0 aromatic heterocycles. The van der Waals surface area contributed by atoms with Gasteiger partial charge in [0.05, 0.1) is 19.3 Å². The van der Waals surface area contributed by atoms with Crippen molar-refractivity contribution >= 4 is 6.09 Å². The Bertz CT molecular complexity index is 696. The minimum absolute atomic E-state index is 0.336. The lowest BCUT2D eigenvalue weighted by Gasteiger charge is -2.44. The van der Waals surface area contributed by atoms with Crippen molar-refractivity contribution in [2.45, 2.75) is 224 Å². The molecule has 0 saturated carbocycles. The number of ether oxygens (including phenoxy) is 2. The highest BCUT2D eigenvalue weighted by Gasteiger charge is 2.46. The van der Waals surface area contributed by atoms with E-state index in [1.807, 2.05) is 0 Å². The molecule has 0 aromatic carbocycles. The molecule has 5 atom stereocenters. The highest BCUT2D eigenvalue weighted by atomic mass is 16.6. The molecule has 0 spiro atoms. The van der Waals surface area contributed by atoms with E-state index < -0.39 is 43.3 Å². The fourth-order valence-corrected chi connectivity index (χ4v) is 6.74. The van der Waals surface area contributed by atoms with Crippen LogP contribution in [0.2, 0.25) is 0 Å². The van der Waals surface area contributed by atoms with Crippen molar-refractivity contribution in [1.82, 2.24) is 4.90 Å². The molecule has 8 nitrogen and oxygen atoms in total. The van der Waals surface area contributed by atoms with E-state index in [9.17, 15) is 20.1 Å². The van der Waals surface area contributed by atoms with Crippen molar-refractivity contribution < 1.29 is 29.6 Å². The molecule has 47 heavy (non-hydrogen) atoms. The monoisotopic (exact) mass is 671 g/mol. The Hall–Kier alpha value is -0.930. The summed E-state index contributed by atoms with van der Waals surface area (Å²) < 4.78 is 11.5. The number of amides is 1. The number of aliphatic hydroxyl groups is 3. The predicted molar refractivity (Wildman–Crippen MR) is 194 cm³/mol. The number of hydrogen-bond acceptors (Lipinski definition) is 7. The summed E-state index contributed by atoms with van der Waals surface area (Å²) in [5.41, 5.74) is 6.24. The van der Waals surface area contributed by atoms with Crippen molar-refractivity contribution in [1.29, 1.82) is 0 Å². The lowest BCUT2D eigenvalue weighted by molar-refractivity contribution is -0.221. The van der Waals surface area contributed by atoms with Gasteiger partial charge in [0, 0.05) is 6.54 Å². The standard InChI is InChI=1S/C39H78N2O6/c1-3-5-7-9-11-13-15-17-18-19-20-21-23-25-27-29-31-41(38-35(40)37(44)36(43)34(33-42)47-38)39(45)46-32-30-28-26-24-22-16-14-12-10-8-6-4-2/h34-38,42-44H,3-33,40H2,1-2H3/t34-,35-,36-,37-,38-/m1/s1. The Morgan fingerprint density at radius 2 is 0.957 bits per heavy atom. The van der Waals surface area contributed by atoms with Gasteiger partial charge in [-0.15, -0.1) is 0 Å². The summed E-state index contributed by atoms with van der Waals surface area (Å²) in [6, 6.07) is -0.993. The van der Waals surface area contributed by atoms with Gasteiger partial charge in [0.15, 0.2) is 6.23 Å². The maximum Gasteiger partial charge on any atom is 0.411 e. The highest BCUT2D eigenvalue weighted by Crippen LogP contribution is 2.24. The first-order valence-corrected chi connectivity index (χ1v) is 20.3. The van der Waals surface area contributed by atoms with Crippen LogP contribution in [0.15, 0.2) is 0 Å². The molecule has 1 rings (SSSR count). The SMILES string of the molecule is CCCCCCCCCCCCCCCCCCN(C(=O)OCCCCCCCCCCCCCC)[C@@H]1O[C@H](CO)[C@@H](O)[C@H](O)[C@H]1N. The van der Waals surface area contributed by atoms with E-state index in [0.717, 1.165) is 38.5 Å². The summed E-state index contributed by atoms with van der Waals surface area (Å²) in [5.74, 6) is 0. The molecule has 0 bridgehead atoms. The van der Waals surface area contributed by atoms with E-state index in [2.05, 4.69) is 13.8 Å². The van der Waals surface area contributed by atoms with Gasteiger partial charge in [0.2, 0.25) is 0 Å². The third-order valence-corrected chi connectivity index (χ3v) is 9.97. The van der Waals surface area contributed by atoms with Crippen LogP contribution in [-0.4, -0.2) is 76.7 Å². The zero-order valence-electron chi connectivity index (χ0n) is 30.9. The third-order valence-electron chi connectivity index (χ3n) is 9.97. The Balaban J connectivity index is 2.30. The molecule has 1 aliphatic heterocycles. The zero-order chi connectivity index (χ0) is 34.4. The summed E-state index contributed by atoms with van der Waals surface area (Å²) in [7, 11) is 0. The minimum atomic E-state index is -1.30. The second-order valence-electron chi connectivity index (χ2n) is 14.3. The molecule has 8 heteroatoms. The molecule has 280 valence electrons. The first kappa shape index (κ1) is 44.1. The smallest absolute Gasteiger partial charge is 0.411 e. The normalized spacial score (nSPS) is 21.3. The van der Waals surface area contributed by atoms with Gasteiger partial charge in [0.1, 0.15) is 18.3 Å². The van der Waals surface area contributed by atoms with E-state index in [1.165, 1.54) is 146 Å². The average Bonchev–Trinajstić information content (AvgIpc) is 3.07. The maximum absolute atomic E-state index is 13.2. The van der Waals surface area contributed by atoms with E-state index >= 15 is 0 Å². The molecule has 0 aliphatic carbocycles. The zero-order valence-corrected chi connectivity index (χ0v) is 30.9. The number of carbonyl (C=O) groups is 1. The van der Waals surface area contributed by atoms with E-state index in [0.29, 0.717) is 13.2 Å². The van der Waals surface area contributed by atoms with Crippen molar-refractivity contribution in [2.75, 3.05) is 19.8 Å². The fraction of sp³-hybridized carbons (Fsp3) is 0.974. The van der Waals surface area contributed by atoms with Gasteiger partial charge in [-0.05, 0) is 12.8 Å². The Labute approximate surface area is 289 Å². The predicted octanol–water partition coefficient (Wildman–Crippen LogP) is 9.15. The van der Waals surface area contributed by atoms with Gasteiger partial charge in [0.25, 0.3) is 0 Å². The van der Waals surface area contributed by atoms with Crippen LogP contribution in [0.4, 0.5) is 4.79 Å². The Morgan fingerprint density at radius 1 is 0.596 bits per heavy atom. The quantitative estimate of drug-likeness (QED) is 0.0526. The van der Waals surface area contributed by atoms with Gasteiger partial charge >= 0.3 is 6.09 Å². The minimum Gasteiger partial charge on any atom is -0.449 e. The van der Waals surface area contributed by atoms with Gasteiger partial charge in [-0.3, -0.25) is 4.90 Å². The van der Waals surface area contributed by atoms with Crippen LogP contribution in [0.3, 0.4) is 0 Å². The molecule has 0 radical (unpaired) electrons. The number of rotatable bonds is 32. The fourth-order valence-electron chi connectivity index (χ4n) is 6.74. The van der Waals surface area contributed by atoms with Crippen molar-refractivity contribution in [2.24, 2.45) is 5.73 Å².